The van der Waals surface area contributed by atoms with Crippen LogP contribution in [-0.2, 0) is 22.6 Å². The Hall–Kier alpha value is -2.73. The van der Waals surface area contributed by atoms with Gasteiger partial charge in [0, 0.05) is 31.7 Å². The van der Waals surface area contributed by atoms with Crippen molar-refractivity contribution in [3.8, 4) is 0 Å². The van der Waals surface area contributed by atoms with E-state index >= 15 is 0 Å². The number of amides is 2. The van der Waals surface area contributed by atoms with Gasteiger partial charge in [-0.1, -0.05) is 49.4 Å². The fourth-order valence-electron chi connectivity index (χ4n) is 4.56. The Bertz CT molecular complexity index is 940. The number of nitrogens with zero attached hydrogens (tertiary/aromatic N) is 2. The van der Waals surface area contributed by atoms with E-state index in [1.54, 1.807) is 18.2 Å². The topological polar surface area (TPSA) is 52.7 Å². The van der Waals surface area contributed by atoms with E-state index in [9.17, 15) is 14.0 Å². The molecule has 0 aliphatic carbocycles. The molecule has 4 rings (SSSR count). The van der Waals surface area contributed by atoms with Gasteiger partial charge in [-0.25, -0.2) is 4.39 Å². The summed E-state index contributed by atoms with van der Waals surface area (Å²) in [5, 5.41) is 2.81. The van der Waals surface area contributed by atoms with Crippen molar-refractivity contribution in [3.63, 3.8) is 0 Å². The minimum absolute atomic E-state index is 0.0842. The number of hydrogen-bond acceptors (Lipinski definition) is 3. The third kappa shape index (κ3) is 4.96. The molecular weight excluding hydrogens is 393 g/mol. The summed E-state index contributed by atoms with van der Waals surface area (Å²) in [5.41, 5.74) is 2.63. The highest BCUT2D eigenvalue weighted by molar-refractivity contribution is 5.85. The van der Waals surface area contributed by atoms with Crippen molar-refractivity contribution in [2.24, 2.45) is 5.92 Å². The van der Waals surface area contributed by atoms with Crippen LogP contribution in [0, 0.1) is 11.7 Å². The standard InChI is InChI=1S/C25H30FN3O2/c1-18-10-13-28(14-11-18)25(31)24-21-8-4-2-6-19(21)12-15-29(24)17-23(30)27-16-20-7-3-5-9-22(20)26/h2-9,18,24H,10-17H2,1H3,(H,27,30)/t24-/m0/s1. The predicted molar refractivity (Wildman–Crippen MR) is 118 cm³/mol. The molecule has 164 valence electrons. The van der Waals surface area contributed by atoms with E-state index in [2.05, 4.69) is 18.3 Å². The Labute approximate surface area is 183 Å². The Kier molecular flexibility index (Phi) is 6.66. The van der Waals surface area contributed by atoms with Crippen molar-refractivity contribution in [3.05, 3.63) is 71.0 Å². The van der Waals surface area contributed by atoms with Crippen molar-refractivity contribution < 1.29 is 14.0 Å². The summed E-state index contributed by atoms with van der Waals surface area (Å²) < 4.78 is 13.9. The number of nitrogens with one attached hydrogen (secondary N) is 1. The first kappa shape index (κ1) is 21.5. The van der Waals surface area contributed by atoms with Crippen LogP contribution in [-0.4, -0.2) is 47.8 Å². The molecule has 1 N–H and O–H groups in total. The average Bonchev–Trinajstić information content (AvgIpc) is 2.78. The number of likely N-dealkylation sites (tertiary alicyclic amines) is 1. The zero-order chi connectivity index (χ0) is 21.8. The maximum atomic E-state index is 13.9. The first-order chi connectivity index (χ1) is 15.0. The molecule has 0 saturated carbocycles. The summed E-state index contributed by atoms with van der Waals surface area (Å²) >= 11 is 0. The summed E-state index contributed by atoms with van der Waals surface area (Å²) in [6.07, 6.45) is 2.84. The number of rotatable bonds is 5. The molecule has 0 spiro atoms. The van der Waals surface area contributed by atoms with E-state index < -0.39 is 6.04 Å². The summed E-state index contributed by atoms with van der Waals surface area (Å²) in [5.74, 6) is 0.193. The lowest BCUT2D eigenvalue weighted by Gasteiger charge is -2.40. The number of carbonyl (C=O) groups is 2. The highest BCUT2D eigenvalue weighted by Crippen LogP contribution is 2.32. The average molecular weight is 424 g/mol. The maximum Gasteiger partial charge on any atom is 0.244 e. The molecule has 0 radical (unpaired) electrons. The molecular formula is C25H30FN3O2. The monoisotopic (exact) mass is 423 g/mol. The van der Waals surface area contributed by atoms with Crippen LogP contribution in [0.5, 0.6) is 0 Å². The lowest BCUT2D eigenvalue weighted by atomic mass is 9.90. The van der Waals surface area contributed by atoms with Crippen molar-refractivity contribution in [1.29, 1.82) is 0 Å². The third-order valence-electron chi connectivity index (χ3n) is 6.49. The molecule has 1 atom stereocenters. The van der Waals surface area contributed by atoms with Gasteiger partial charge in [0.15, 0.2) is 0 Å². The predicted octanol–water partition coefficient (Wildman–Crippen LogP) is 3.30. The van der Waals surface area contributed by atoms with E-state index in [-0.39, 0.29) is 30.7 Å². The lowest BCUT2D eigenvalue weighted by Crippen LogP contribution is -2.50. The Morgan fingerprint density at radius 1 is 1.03 bits per heavy atom. The van der Waals surface area contributed by atoms with Crippen molar-refractivity contribution >= 4 is 11.8 Å². The number of benzene rings is 2. The largest absolute Gasteiger partial charge is 0.351 e. The molecule has 0 aromatic heterocycles. The molecule has 0 unspecified atom stereocenters. The van der Waals surface area contributed by atoms with Crippen molar-refractivity contribution in [1.82, 2.24) is 15.1 Å². The van der Waals surface area contributed by atoms with E-state index in [0.717, 1.165) is 37.9 Å². The van der Waals surface area contributed by atoms with Gasteiger partial charge >= 0.3 is 0 Å². The quantitative estimate of drug-likeness (QED) is 0.803. The van der Waals surface area contributed by atoms with Gasteiger partial charge < -0.3 is 10.2 Å². The van der Waals surface area contributed by atoms with Gasteiger partial charge in [-0.15, -0.1) is 0 Å². The Morgan fingerprint density at radius 2 is 1.74 bits per heavy atom. The molecule has 2 amide bonds. The molecule has 2 aromatic carbocycles. The van der Waals surface area contributed by atoms with E-state index in [1.807, 2.05) is 28.0 Å². The van der Waals surface area contributed by atoms with Crippen LogP contribution in [0.2, 0.25) is 0 Å². The van der Waals surface area contributed by atoms with Gasteiger partial charge in [-0.2, -0.15) is 0 Å². The smallest absolute Gasteiger partial charge is 0.244 e. The van der Waals surface area contributed by atoms with E-state index in [4.69, 9.17) is 0 Å². The first-order valence-corrected chi connectivity index (χ1v) is 11.1. The molecule has 2 aliphatic rings. The maximum absolute atomic E-state index is 13.9. The summed E-state index contributed by atoms with van der Waals surface area (Å²) in [6.45, 7) is 4.66. The van der Waals surface area contributed by atoms with Gasteiger partial charge in [-0.05, 0) is 42.4 Å². The van der Waals surface area contributed by atoms with Crippen LogP contribution in [0.25, 0.3) is 0 Å². The summed E-state index contributed by atoms with van der Waals surface area (Å²) in [4.78, 5) is 30.2. The number of halogens is 1. The zero-order valence-corrected chi connectivity index (χ0v) is 18.0. The minimum Gasteiger partial charge on any atom is -0.351 e. The highest BCUT2D eigenvalue weighted by Gasteiger charge is 2.37. The highest BCUT2D eigenvalue weighted by atomic mass is 19.1. The van der Waals surface area contributed by atoms with Gasteiger partial charge in [-0.3, -0.25) is 14.5 Å². The van der Waals surface area contributed by atoms with Crippen LogP contribution < -0.4 is 5.32 Å². The minimum atomic E-state index is -0.447. The van der Waals surface area contributed by atoms with Gasteiger partial charge in [0.05, 0.1) is 6.54 Å². The molecule has 1 saturated heterocycles. The van der Waals surface area contributed by atoms with Gasteiger partial charge in [0.25, 0.3) is 0 Å². The second-order valence-corrected chi connectivity index (χ2v) is 8.70. The van der Waals surface area contributed by atoms with Crippen LogP contribution in [0.4, 0.5) is 4.39 Å². The van der Waals surface area contributed by atoms with Crippen LogP contribution >= 0.6 is 0 Å². The number of piperidine rings is 1. The van der Waals surface area contributed by atoms with Crippen LogP contribution in [0.15, 0.2) is 48.5 Å². The zero-order valence-electron chi connectivity index (χ0n) is 18.0. The van der Waals surface area contributed by atoms with E-state index in [1.165, 1.54) is 11.6 Å². The fraction of sp³-hybridized carbons (Fsp3) is 0.440. The molecule has 6 heteroatoms. The fourth-order valence-corrected chi connectivity index (χ4v) is 4.56. The van der Waals surface area contributed by atoms with Crippen LogP contribution in [0.3, 0.4) is 0 Å². The molecule has 5 nitrogen and oxygen atoms in total. The Morgan fingerprint density at radius 3 is 2.52 bits per heavy atom. The second-order valence-electron chi connectivity index (χ2n) is 8.70. The number of hydrogen-bond donors (Lipinski definition) is 1. The summed E-state index contributed by atoms with van der Waals surface area (Å²) in [7, 11) is 0. The molecule has 2 aromatic rings. The SMILES string of the molecule is CC1CCN(C(=O)[C@@H]2c3ccccc3CCN2CC(=O)NCc2ccccc2F)CC1. The molecule has 0 bridgehead atoms. The van der Waals surface area contributed by atoms with Gasteiger partial charge in [0.2, 0.25) is 11.8 Å². The lowest BCUT2D eigenvalue weighted by molar-refractivity contribution is -0.140. The molecule has 2 aliphatic heterocycles. The molecule has 1 fully saturated rings. The van der Waals surface area contributed by atoms with E-state index in [0.29, 0.717) is 18.0 Å². The normalized spacial score (nSPS) is 19.7. The van der Waals surface area contributed by atoms with Crippen molar-refractivity contribution in [2.75, 3.05) is 26.2 Å². The number of fused-ring (bicyclic) bond motifs is 1. The first-order valence-electron chi connectivity index (χ1n) is 11.1. The third-order valence-corrected chi connectivity index (χ3v) is 6.49. The summed E-state index contributed by atoms with van der Waals surface area (Å²) in [6, 6.07) is 14.0. The Balaban J connectivity index is 1.48. The van der Waals surface area contributed by atoms with Crippen molar-refractivity contribution in [2.45, 2.75) is 38.8 Å². The molecule has 31 heavy (non-hydrogen) atoms. The van der Waals surface area contributed by atoms with Crippen LogP contribution in [0.1, 0.15) is 42.5 Å². The number of carbonyl (C=O) groups excluding carboxylic acids is 2. The van der Waals surface area contributed by atoms with Gasteiger partial charge in [0.1, 0.15) is 11.9 Å². The second kappa shape index (κ2) is 9.60. The molecule has 2 heterocycles.